The van der Waals surface area contributed by atoms with Crippen LogP contribution in [0.3, 0.4) is 0 Å². The quantitative estimate of drug-likeness (QED) is 0.702. The normalized spacial score (nSPS) is 12.7. The highest BCUT2D eigenvalue weighted by Gasteiger charge is 2.14. The maximum absolute atomic E-state index is 4.45. The summed E-state index contributed by atoms with van der Waals surface area (Å²) >= 11 is 0. The molecule has 0 aliphatic heterocycles. The molecule has 1 unspecified atom stereocenters. The average Bonchev–Trinajstić information content (AvgIpc) is 3.25. The molecule has 0 aliphatic rings. The van der Waals surface area contributed by atoms with E-state index in [4.69, 9.17) is 0 Å². The molecule has 0 amide bonds. The van der Waals surface area contributed by atoms with Crippen molar-refractivity contribution in [3.63, 3.8) is 0 Å². The Labute approximate surface area is 136 Å². The van der Waals surface area contributed by atoms with Crippen molar-refractivity contribution in [2.45, 2.75) is 33.0 Å². The molecule has 0 radical (unpaired) electrons. The summed E-state index contributed by atoms with van der Waals surface area (Å²) < 4.78 is 3.94. The zero-order chi connectivity index (χ0) is 16.2. The summed E-state index contributed by atoms with van der Waals surface area (Å²) in [5, 5.41) is 4.15. The monoisotopic (exact) mass is 310 g/mol. The molecule has 6 nitrogen and oxygen atoms in total. The van der Waals surface area contributed by atoms with E-state index >= 15 is 0 Å². The van der Waals surface area contributed by atoms with Gasteiger partial charge in [0.25, 0.3) is 0 Å². The minimum absolute atomic E-state index is 0.307. The lowest BCUT2D eigenvalue weighted by molar-refractivity contribution is 0.243. The van der Waals surface area contributed by atoms with Crippen LogP contribution in [-0.4, -0.2) is 36.3 Å². The molecule has 2 heterocycles. The number of aromatic nitrogens is 5. The molecular weight excluding hydrogens is 288 g/mol. The van der Waals surface area contributed by atoms with Gasteiger partial charge in [0, 0.05) is 25.0 Å². The highest BCUT2D eigenvalue weighted by Crippen LogP contribution is 2.21. The predicted molar refractivity (Wildman–Crippen MR) is 89.1 cm³/mol. The van der Waals surface area contributed by atoms with Crippen molar-refractivity contribution in [1.29, 1.82) is 0 Å². The van der Waals surface area contributed by atoms with Crippen LogP contribution in [0.4, 0.5) is 0 Å². The molecule has 3 rings (SSSR count). The van der Waals surface area contributed by atoms with Gasteiger partial charge in [0.15, 0.2) is 0 Å². The Bertz CT molecular complexity index is 729. The maximum Gasteiger partial charge on any atom is 0.138 e. The number of nitrogens with zero attached hydrogens (tertiary/aromatic N) is 6. The lowest BCUT2D eigenvalue weighted by atomic mass is 10.1. The summed E-state index contributed by atoms with van der Waals surface area (Å²) in [5.41, 5.74) is 2.29. The van der Waals surface area contributed by atoms with Gasteiger partial charge in [-0.25, -0.2) is 14.6 Å². The van der Waals surface area contributed by atoms with E-state index in [9.17, 15) is 0 Å². The van der Waals surface area contributed by atoms with Crippen LogP contribution in [0.2, 0.25) is 0 Å². The fraction of sp³-hybridized carbons (Fsp3) is 0.353. The van der Waals surface area contributed by atoms with Gasteiger partial charge in [-0.3, -0.25) is 4.90 Å². The molecule has 1 aromatic carbocycles. The second kappa shape index (κ2) is 6.75. The van der Waals surface area contributed by atoms with Crippen molar-refractivity contribution >= 4 is 0 Å². The number of hydrogen-bond donors (Lipinski definition) is 0. The molecule has 23 heavy (non-hydrogen) atoms. The Morgan fingerprint density at radius 3 is 2.65 bits per heavy atom. The van der Waals surface area contributed by atoms with E-state index in [1.807, 2.05) is 12.4 Å². The number of benzene rings is 1. The molecule has 0 aliphatic carbocycles. The molecule has 0 N–H and O–H groups in total. The fourth-order valence-corrected chi connectivity index (χ4v) is 2.64. The topological polar surface area (TPSA) is 51.8 Å². The van der Waals surface area contributed by atoms with Gasteiger partial charge in [-0.05, 0) is 38.6 Å². The first kappa shape index (κ1) is 15.4. The number of hydrogen-bond acceptors (Lipinski definition) is 4. The third-order valence-electron chi connectivity index (χ3n) is 4.25. The third kappa shape index (κ3) is 3.32. The molecule has 0 saturated carbocycles. The van der Waals surface area contributed by atoms with E-state index in [0.29, 0.717) is 6.04 Å². The molecule has 3 aromatic rings. The van der Waals surface area contributed by atoms with Crippen LogP contribution in [0.25, 0.3) is 5.69 Å². The van der Waals surface area contributed by atoms with Gasteiger partial charge in [-0.15, -0.1) is 0 Å². The standard InChI is InChI=1S/C17H22N6/c1-4-22-10-9-19-17(22)11-21(3)14(2)15-5-7-16(8-6-15)23-13-18-12-20-23/h5-10,12-14H,4,11H2,1-3H3. The Kier molecular flexibility index (Phi) is 4.52. The summed E-state index contributed by atoms with van der Waals surface area (Å²) in [7, 11) is 2.13. The summed E-state index contributed by atoms with van der Waals surface area (Å²) in [6.07, 6.45) is 7.14. The van der Waals surface area contributed by atoms with Crippen LogP contribution in [0.5, 0.6) is 0 Å². The maximum atomic E-state index is 4.45. The van der Waals surface area contributed by atoms with Crippen molar-refractivity contribution in [2.24, 2.45) is 0 Å². The molecular formula is C17H22N6. The van der Waals surface area contributed by atoms with Gasteiger partial charge in [0.1, 0.15) is 18.5 Å². The highest BCUT2D eigenvalue weighted by atomic mass is 15.3. The SMILES string of the molecule is CCn1ccnc1CN(C)C(C)c1ccc(-n2cncn2)cc1. The third-order valence-corrected chi connectivity index (χ3v) is 4.25. The lowest BCUT2D eigenvalue weighted by Gasteiger charge is -2.25. The number of imidazole rings is 1. The van der Waals surface area contributed by atoms with Gasteiger partial charge in [-0.2, -0.15) is 5.10 Å². The number of rotatable bonds is 6. The van der Waals surface area contributed by atoms with Crippen LogP contribution < -0.4 is 0 Å². The van der Waals surface area contributed by atoms with E-state index in [0.717, 1.165) is 24.6 Å². The minimum Gasteiger partial charge on any atom is -0.334 e. The first-order valence-electron chi connectivity index (χ1n) is 7.84. The van der Waals surface area contributed by atoms with Crippen LogP contribution in [-0.2, 0) is 13.1 Å². The van der Waals surface area contributed by atoms with Gasteiger partial charge >= 0.3 is 0 Å². The second-order valence-corrected chi connectivity index (χ2v) is 5.65. The van der Waals surface area contributed by atoms with Crippen LogP contribution in [0.15, 0.2) is 49.3 Å². The first-order valence-corrected chi connectivity index (χ1v) is 7.84. The van der Waals surface area contributed by atoms with Crippen molar-refractivity contribution in [1.82, 2.24) is 29.2 Å². The second-order valence-electron chi connectivity index (χ2n) is 5.65. The summed E-state index contributed by atoms with van der Waals surface area (Å²) in [6.45, 7) is 6.12. The van der Waals surface area contributed by atoms with Crippen molar-refractivity contribution < 1.29 is 0 Å². The predicted octanol–water partition coefficient (Wildman–Crippen LogP) is 2.68. The van der Waals surface area contributed by atoms with E-state index < -0.39 is 0 Å². The van der Waals surface area contributed by atoms with E-state index in [1.54, 1.807) is 17.3 Å². The Balaban J connectivity index is 1.70. The van der Waals surface area contributed by atoms with Gasteiger partial charge in [0.2, 0.25) is 0 Å². The zero-order valence-electron chi connectivity index (χ0n) is 13.8. The molecule has 2 aromatic heterocycles. The number of aryl methyl sites for hydroxylation is 1. The largest absolute Gasteiger partial charge is 0.334 e. The molecule has 0 bridgehead atoms. The minimum atomic E-state index is 0.307. The molecule has 0 fully saturated rings. The van der Waals surface area contributed by atoms with Gasteiger partial charge in [-0.1, -0.05) is 12.1 Å². The Hall–Kier alpha value is -2.47. The molecule has 0 saturated heterocycles. The Morgan fingerprint density at radius 2 is 2.00 bits per heavy atom. The van der Waals surface area contributed by atoms with E-state index in [1.165, 1.54) is 5.56 Å². The molecule has 120 valence electrons. The molecule has 0 spiro atoms. The summed E-state index contributed by atoms with van der Waals surface area (Å²) in [5.74, 6) is 1.10. The smallest absolute Gasteiger partial charge is 0.138 e. The highest BCUT2D eigenvalue weighted by molar-refractivity contribution is 5.34. The van der Waals surface area contributed by atoms with Crippen LogP contribution in [0, 0.1) is 0 Å². The van der Waals surface area contributed by atoms with Crippen LogP contribution in [0.1, 0.15) is 31.3 Å². The van der Waals surface area contributed by atoms with Crippen molar-refractivity contribution in [3.8, 4) is 5.69 Å². The van der Waals surface area contributed by atoms with Crippen LogP contribution >= 0.6 is 0 Å². The summed E-state index contributed by atoms with van der Waals surface area (Å²) in [6, 6.07) is 8.74. The summed E-state index contributed by atoms with van der Waals surface area (Å²) in [4.78, 5) is 10.7. The van der Waals surface area contributed by atoms with E-state index in [-0.39, 0.29) is 0 Å². The fourth-order valence-electron chi connectivity index (χ4n) is 2.64. The molecule has 1 atom stereocenters. The first-order chi connectivity index (χ1) is 11.2. The van der Waals surface area contributed by atoms with Gasteiger partial charge < -0.3 is 4.57 Å². The lowest BCUT2D eigenvalue weighted by Crippen LogP contribution is -2.24. The van der Waals surface area contributed by atoms with Gasteiger partial charge in [0.05, 0.1) is 12.2 Å². The average molecular weight is 310 g/mol. The van der Waals surface area contributed by atoms with Crippen molar-refractivity contribution in [2.75, 3.05) is 7.05 Å². The van der Waals surface area contributed by atoms with Crippen molar-refractivity contribution in [3.05, 3.63) is 60.7 Å². The molecule has 6 heteroatoms. The zero-order valence-corrected chi connectivity index (χ0v) is 13.8. The Morgan fingerprint density at radius 1 is 1.22 bits per heavy atom. The van der Waals surface area contributed by atoms with E-state index in [2.05, 4.69) is 69.7 Å².